The van der Waals surface area contributed by atoms with E-state index in [1.165, 1.54) is 17.7 Å². The average Bonchev–Trinajstić information content (AvgIpc) is 3.21. The standard InChI is InChI=1S/C18H26N6O4S/c1-28-16-17(25)24(13-5-3-4-6-13)15-14(21-16)11-19-18(22-15)20-12-7-9-23(10-8-12)29(2,26)27/h11-13H,3-10H2,1-2H3,(H,19,20,22). The molecule has 158 valence electrons. The summed E-state index contributed by atoms with van der Waals surface area (Å²) in [4.78, 5) is 26.1. The Hall–Kier alpha value is -2.27. The van der Waals surface area contributed by atoms with Crippen LogP contribution in [0.25, 0.3) is 11.2 Å². The topological polar surface area (TPSA) is 119 Å². The van der Waals surface area contributed by atoms with E-state index >= 15 is 0 Å². The highest BCUT2D eigenvalue weighted by Gasteiger charge is 2.26. The molecule has 3 heterocycles. The maximum absolute atomic E-state index is 12.9. The van der Waals surface area contributed by atoms with Crippen molar-refractivity contribution in [2.24, 2.45) is 0 Å². The van der Waals surface area contributed by atoms with Crippen LogP contribution in [-0.2, 0) is 10.0 Å². The van der Waals surface area contributed by atoms with Crippen LogP contribution < -0.4 is 15.6 Å². The molecule has 1 aliphatic carbocycles. The van der Waals surface area contributed by atoms with E-state index in [9.17, 15) is 13.2 Å². The molecule has 0 unspecified atom stereocenters. The zero-order chi connectivity index (χ0) is 20.6. The number of rotatable bonds is 5. The SMILES string of the molecule is COc1nc2cnc(NC3CCN(S(C)(=O)=O)CC3)nc2n(C2CCCC2)c1=O. The summed E-state index contributed by atoms with van der Waals surface area (Å²) in [5.41, 5.74) is 0.762. The fourth-order valence-corrected chi connectivity index (χ4v) is 5.07. The Morgan fingerprint density at radius 1 is 1.14 bits per heavy atom. The van der Waals surface area contributed by atoms with Crippen LogP contribution in [0.2, 0.25) is 0 Å². The second kappa shape index (κ2) is 7.86. The van der Waals surface area contributed by atoms with Crippen molar-refractivity contribution in [3.05, 3.63) is 16.6 Å². The minimum Gasteiger partial charge on any atom is -0.477 e. The van der Waals surface area contributed by atoms with Gasteiger partial charge in [-0.1, -0.05) is 12.8 Å². The molecule has 1 N–H and O–H groups in total. The predicted octanol–water partition coefficient (Wildman–Crippen LogP) is 1.15. The van der Waals surface area contributed by atoms with Gasteiger partial charge in [0.25, 0.3) is 5.88 Å². The Bertz CT molecular complexity index is 1060. The molecule has 1 saturated heterocycles. The highest BCUT2D eigenvalue weighted by atomic mass is 32.2. The normalized spacial score (nSPS) is 19.7. The minimum absolute atomic E-state index is 0.0573. The average molecular weight is 423 g/mol. The number of sulfonamides is 1. The molecule has 0 bridgehead atoms. The lowest BCUT2D eigenvalue weighted by molar-refractivity contribution is 0.331. The third-order valence-corrected chi connectivity index (χ3v) is 7.04. The van der Waals surface area contributed by atoms with Crippen LogP contribution >= 0.6 is 0 Å². The van der Waals surface area contributed by atoms with Crippen LogP contribution in [0.1, 0.15) is 44.6 Å². The van der Waals surface area contributed by atoms with Crippen molar-refractivity contribution >= 4 is 27.1 Å². The number of anilines is 1. The first-order valence-electron chi connectivity index (χ1n) is 9.92. The minimum atomic E-state index is -3.16. The summed E-state index contributed by atoms with van der Waals surface area (Å²) in [6, 6.07) is 0.158. The summed E-state index contributed by atoms with van der Waals surface area (Å²) in [6.45, 7) is 0.936. The molecule has 11 heteroatoms. The van der Waals surface area contributed by atoms with Crippen LogP contribution in [0.15, 0.2) is 11.0 Å². The molecule has 2 fully saturated rings. The molecule has 1 saturated carbocycles. The summed E-state index contributed by atoms with van der Waals surface area (Å²) in [7, 11) is -1.72. The number of aromatic nitrogens is 4. The van der Waals surface area contributed by atoms with Gasteiger partial charge in [-0.15, -0.1) is 0 Å². The van der Waals surface area contributed by atoms with Gasteiger partial charge >= 0.3 is 5.56 Å². The first-order valence-corrected chi connectivity index (χ1v) is 11.8. The summed E-state index contributed by atoms with van der Waals surface area (Å²) >= 11 is 0. The number of nitrogens with one attached hydrogen (secondary N) is 1. The highest BCUT2D eigenvalue weighted by molar-refractivity contribution is 7.88. The van der Waals surface area contributed by atoms with Gasteiger partial charge in [0.15, 0.2) is 5.65 Å². The van der Waals surface area contributed by atoms with Crippen LogP contribution in [0.4, 0.5) is 5.95 Å². The number of nitrogens with zero attached hydrogens (tertiary/aromatic N) is 5. The van der Waals surface area contributed by atoms with Crippen molar-refractivity contribution in [3.63, 3.8) is 0 Å². The molecule has 29 heavy (non-hydrogen) atoms. The number of piperidine rings is 1. The van der Waals surface area contributed by atoms with E-state index < -0.39 is 10.0 Å². The zero-order valence-corrected chi connectivity index (χ0v) is 17.5. The monoisotopic (exact) mass is 422 g/mol. The second-order valence-corrected chi connectivity index (χ2v) is 9.70. The van der Waals surface area contributed by atoms with Gasteiger partial charge in [-0.25, -0.2) is 22.7 Å². The van der Waals surface area contributed by atoms with Gasteiger partial charge in [0.2, 0.25) is 16.0 Å². The van der Waals surface area contributed by atoms with E-state index in [4.69, 9.17) is 4.74 Å². The van der Waals surface area contributed by atoms with E-state index in [0.717, 1.165) is 25.7 Å². The van der Waals surface area contributed by atoms with Gasteiger partial charge in [-0.3, -0.25) is 9.36 Å². The largest absolute Gasteiger partial charge is 0.477 e. The molecule has 0 radical (unpaired) electrons. The van der Waals surface area contributed by atoms with Crippen molar-refractivity contribution in [1.29, 1.82) is 0 Å². The molecule has 0 spiro atoms. The zero-order valence-electron chi connectivity index (χ0n) is 16.7. The Balaban J connectivity index is 1.62. The summed E-state index contributed by atoms with van der Waals surface area (Å²) < 4.78 is 31.7. The molecule has 0 amide bonds. The Morgan fingerprint density at radius 2 is 1.83 bits per heavy atom. The van der Waals surface area contributed by atoms with E-state index in [1.54, 1.807) is 10.8 Å². The number of hydrogen-bond acceptors (Lipinski definition) is 8. The van der Waals surface area contributed by atoms with Gasteiger partial charge in [0, 0.05) is 25.2 Å². The van der Waals surface area contributed by atoms with Crippen molar-refractivity contribution < 1.29 is 13.2 Å². The lowest BCUT2D eigenvalue weighted by Gasteiger charge is -2.30. The number of hydrogen-bond donors (Lipinski definition) is 1. The number of ether oxygens (including phenoxy) is 1. The molecule has 0 aromatic carbocycles. The fraction of sp³-hybridized carbons (Fsp3) is 0.667. The molecule has 4 rings (SSSR count). The van der Waals surface area contributed by atoms with Crippen LogP contribution in [0, 0.1) is 0 Å². The van der Waals surface area contributed by atoms with Crippen molar-refractivity contribution in [2.75, 3.05) is 31.8 Å². The first-order chi connectivity index (χ1) is 13.9. The third kappa shape index (κ3) is 4.06. The van der Waals surface area contributed by atoms with Gasteiger partial charge in [-0.2, -0.15) is 4.98 Å². The molecule has 10 nitrogen and oxygen atoms in total. The van der Waals surface area contributed by atoms with Gasteiger partial charge in [-0.05, 0) is 25.7 Å². The number of fused-ring (bicyclic) bond motifs is 1. The maximum Gasteiger partial charge on any atom is 0.315 e. The lowest BCUT2D eigenvalue weighted by Crippen LogP contribution is -2.42. The maximum atomic E-state index is 12.9. The van der Waals surface area contributed by atoms with Crippen LogP contribution in [-0.4, -0.2) is 64.7 Å². The fourth-order valence-electron chi connectivity index (χ4n) is 4.20. The van der Waals surface area contributed by atoms with Crippen molar-refractivity contribution in [2.45, 2.75) is 50.6 Å². The molecule has 2 aromatic heterocycles. The second-order valence-electron chi connectivity index (χ2n) is 7.72. The molecule has 0 atom stereocenters. The van der Waals surface area contributed by atoms with Gasteiger partial charge in [0.1, 0.15) is 5.52 Å². The lowest BCUT2D eigenvalue weighted by atomic mass is 10.1. The molecule has 1 aliphatic heterocycles. The summed E-state index contributed by atoms with van der Waals surface area (Å²) in [5.74, 6) is 0.482. The Kier molecular flexibility index (Phi) is 5.43. The van der Waals surface area contributed by atoms with Crippen molar-refractivity contribution in [1.82, 2.24) is 23.8 Å². The molecular formula is C18H26N6O4S. The van der Waals surface area contributed by atoms with E-state index in [-0.39, 0.29) is 23.5 Å². The van der Waals surface area contributed by atoms with E-state index in [2.05, 4.69) is 20.3 Å². The quantitative estimate of drug-likeness (QED) is 0.762. The highest BCUT2D eigenvalue weighted by Crippen LogP contribution is 2.30. The summed E-state index contributed by atoms with van der Waals surface area (Å²) in [5, 5.41) is 3.29. The summed E-state index contributed by atoms with van der Waals surface area (Å²) in [6.07, 6.45) is 8.20. The van der Waals surface area contributed by atoms with Crippen molar-refractivity contribution in [3.8, 4) is 5.88 Å². The van der Waals surface area contributed by atoms with E-state index in [0.29, 0.717) is 43.0 Å². The van der Waals surface area contributed by atoms with Crippen LogP contribution in [0.5, 0.6) is 5.88 Å². The molecular weight excluding hydrogens is 396 g/mol. The van der Waals surface area contributed by atoms with E-state index in [1.807, 2.05) is 0 Å². The molecule has 2 aromatic rings. The van der Waals surface area contributed by atoms with Gasteiger partial charge < -0.3 is 10.1 Å². The van der Waals surface area contributed by atoms with Crippen LogP contribution in [0.3, 0.4) is 0 Å². The molecule has 2 aliphatic rings. The first kappa shape index (κ1) is 20.0. The predicted molar refractivity (Wildman–Crippen MR) is 109 cm³/mol. The Morgan fingerprint density at radius 3 is 2.45 bits per heavy atom. The van der Waals surface area contributed by atoms with Gasteiger partial charge in [0.05, 0.1) is 19.6 Å². The third-order valence-electron chi connectivity index (χ3n) is 5.74. The number of methoxy groups -OCH3 is 1. The smallest absolute Gasteiger partial charge is 0.315 e. The Labute approximate surface area is 169 Å².